The Bertz CT molecular complexity index is 726. The number of benzene rings is 1. The number of hydrogen-bond donors (Lipinski definition) is 2. The Balaban J connectivity index is 1.64. The number of amides is 1. The molecular weight excluding hydrogens is 358 g/mol. The van der Waals surface area contributed by atoms with Crippen LogP contribution in [-0.4, -0.2) is 36.7 Å². The van der Waals surface area contributed by atoms with Gasteiger partial charge in [-0.25, -0.2) is 4.98 Å². The third-order valence-electron chi connectivity index (χ3n) is 4.12. The molecule has 0 bridgehead atoms. The van der Waals surface area contributed by atoms with E-state index >= 15 is 0 Å². The predicted octanol–water partition coefficient (Wildman–Crippen LogP) is 3.33. The standard InChI is InChI=1S/C18H22ClN3O2S/c1-11(21-16(23)9-15-10-24-8-7-20-15)17-12(2)22-18(25-17)13-3-5-14(19)6-4-13/h3-6,11,15,20H,7-10H2,1-2H3,(H,21,23). The Morgan fingerprint density at radius 3 is 2.92 bits per heavy atom. The molecule has 1 amide bonds. The number of nitrogens with one attached hydrogen (secondary N) is 2. The summed E-state index contributed by atoms with van der Waals surface area (Å²) in [6, 6.07) is 7.66. The van der Waals surface area contributed by atoms with Crippen molar-refractivity contribution in [2.45, 2.75) is 32.4 Å². The van der Waals surface area contributed by atoms with Crippen molar-refractivity contribution < 1.29 is 9.53 Å². The lowest BCUT2D eigenvalue weighted by molar-refractivity contribution is -0.122. The molecule has 0 saturated carbocycles. The van der Waals surface area contributed by atoms with Crippen LogP contribution in [0, 0.1) is 6.92 Å². The van der Waals surface area contributed by atoms with Gasteiger partial charge in [-0.2, -0.15) is 0 Å². The van der Waals surface area contributed by atoms with E-state index in [1.54, 1.807) is 11.3 Å². The molecule has 0 aliphatic carbocycles. The highest BCUT2D eigenvalue weighted by molar-refractivity contribution is 7.15. The minimum Gasteiger partial charge on any atom is -0.378 e. The first-order valence-corrected chi connectivity index (χ1v) is 9.56. The van der Waals surface area contributed by atoms with E-state index in [1.807, 2.05) is 38.1 Å². The van der Waals surface area contributed by atoms with Gasteiger partial charge in [-0.3, -0.25) is 4.79 Å². The molecule has 2 unspecified atom stereocenters. The molecule has 2 N–H and O–H groups in total. The van der Waals surface area contributed by atoms with Crippen molar-refractivity contribution >= 4 is 28.8 Å². The van der Waals surface area contributed by atoms with E-state index in [2.05, 4.69) is 15.6 Å². The van der Waals surface area contributed by atoms with Gasteiger partial charge in [0.1, 0.15) is 5.01 Å². The summed E-state index contributed by atoms with van der Waals surface area (Å²) in [5.74, 6) is 0.0244. The molecule has 0 radical (unpaired) electrons. The lowest BCUT2D eigenvalue weighted by atomic mass is 10.1. The maximum Gasteiger partial charge on any atom is 0.222 e. The van der Waals surface area contributed by atoms with Crippen molar-refractivity contribution in [2.75, 3.05) is 19.8 Å². The molecule has 1 saturated heterocycles. The van der Waals surface area contributed by atoms with E-state index in [0.717, 1.165) is 27.7 Å². The Labute approximate surface area is 156 Å². The summed E-state index contributed by atoms with van der Waals surface area (Å²) in [7, 11) is 0. The quantitative estimate of drug-likeness (QED) is 0.836. The number of halogens is 1. The van der Waals surface area contributed by atoms with E-state index in [0.29, 0.717) is 24.7 Å². The fraction of sp³-hybridized carbons (Fsp3) is 0.444. The second-order valence-electron chi connectivity index (χ2n) is 6.19. The highest BCUT2D eigenvalue weighted by Crippen LogP contribution is 2.32. The van der Waals surface area contributed by atoms with E-state index < -0.39 is 0 Å². The minimum absolute atomic E-state index is 0.0244. The molecule has 2 atom stereocenters. The molecule has 2 heterocycles. The van der Waals surface area contributed by atoms with Crippen LogP contribution >= 0.6 is 22.9 Å². The molecule has 134 valence electrons. The number of hydrogen-bond acceptors (Lipinski definition) is 5. The highest BCUT2D eigenvalue weighted by Gasteiger charge is 2.21. The average Bonchev–Trinajstić information content (AvgIpc) is 2.98. The lowest BCUT2D eigenvalue weighted by Gasteiger charge is -2.24. The molecule has 3 rings (SSSR count). The predicted molar refractivity (Wildman–Crippen MR) is 101 cm³/mol. The molecule has 5 nitrogen and oxygen atoms in total. The Morgan fingerprint density at radius 1 is 1.48 bits per heavy atom. The largest absolute Gasteiger partial charge is 0.378 e. The van der Waals surface area contributed by atoms with Gasteiger partial charge in [0.25, 0.3) is 0 Å². The number of thiazole rings is 1. The average molecular weight is 380 g/mol. The number of carbonyl (C=O) groups is 1. The van der Waals surface area contributed by atoms with Gasteiger partial charge in [-0.15, -0.1) is 11.3 Å². The van der Waals surface area contributed by atoms with Crippen molar-refractivity contribution in [2.24, 2.45) is 0 Å². The normalized spacial score (nSPS) is 18.8. The fourth-order valence-electron chi connectivity index (χ4n) is 2.87. The molecule has 1 fully saturated rings. The zero-order valence-corrected chi connectivity index (χ0v) is 15.9. The summed E-state index contributed by atoms with van der Waals surface area (Å²) in [5, 5.41) is 8.02. The molecule has 1 aromatic heterocycles. The molecule has 7 heteroatoms. The Morgan fingerprint density at radius 2 is 2.24 bits per heavy atom. The second kappa shape index (κ2) is 8.27. The van der Waals surface area contributed by atoms with E-state index in [-0.39, 0.29) is 18.0 Å². The number of nitrogens with zero attached hydrogens (tertiary/aromatic N) is 1. The van der Waals surface area contributed by atoms with Crippen LogP contribution in [0.4, 0.5) is 0 Å². The highest BCUT2D eigenvalue weighted by atomic mass is 35.5. The minimum atomic E-state index is -0.0736. The zero-order chi connectivity index (χ0) is 17.8. The van der Waals surface area contributed by atoms with Crippen LogP contribution in [0.3, 0.4) is 0 Å². The smallest absolute Gasteiger partial charge is 0.222 e. The van der Waals surface area contributed by atoms with Gasteiger partial charge in [0.2, 0.25) is 5.91 Å². The van der Waals surface area contributed by atoms with Crippen molar-refractivity contribution in [3.8, 4) is 10.6 Å². The number of ether oxygens (including phenoxy) is 1. The van der Waals surface area contributed by atoms with Crippen LogP contribution in [0.2, 0.25) is 5.02 Å². The third kappa shape index (κ3) is 4.79. The zero-order valence-electron chi connectivity index (χ0n) is 14.3. The van der Waals surface area contributed by atoms with E-state index in [4.69, 9.17) is 16.3 Å². The Kier molecular flexibility index (Phi) is 6.06. The van der Waals surface area contributed by atoms with Gasteiger partial charge in [0.05, 0.1) is 29.8 Å². The molecule has 25 heavy (non-hydrogen) atoms. The first kappa shape index (κ1) is 18.3. The van der Waals surface area contributed by atoms with Crippen LogP contribution < -0.4 is 10.6 Å². The van der Waals surface area contributed by atoms with Gasteiger partial charge in [-0.05, 0) is 26.0 Å². The van der Waals surface area contributed by atoms with Crippen LogP contribution in [-0.2, 0) is 9.53 Å². The first-order chi connectivity index (χ1) is 12.0. The number of rotatable bonds is 5. The van der Waals surface area contributed by atoms with Gasteiger partial charge in [0, 0.05) is 29.6 Å². The summed E-state index contributed by atoms with van der Waals surface area (Å²) in [6.07, 6.45) is 0.423. The van der Waals surface area contributed by atoms with Gasteiger partial charge in [-0.1, -0.05) is 23.7 Å². The molecule has 2 aromatic rings. The van der Waals surface area contributed by atoms with Gasteiger partial charge < -0.3 is 15.4 Å². The number of aromatic nitrogens is 1. The van der Waals surface area contributed by atoms with Crippen LogP contribution in [0.1, 0.15) is 30.0 Å². The maximum absolute atomic E-state index is 12.3. The van der Waals surface area contributed by atoms with E-state index in [1.165, 1.54) is 0 Å². The number of carbonyl (C=O) groups excluding carboxylic acids is 1. The van der Waals surface area contributed by atoms with Crippen molar-refractivity contribution in [1.29, 1.82) is 0 Å². The lowest BCUT2D eigenvalue weighted by Crippen LogP contribution is -2.44. The summed E-state index contributed by atoms with van der Waals surface area (Å²) >= 11 is 7.55. The van der Waals surface area contributed by atoms with Crippen LogP contribution in [0.15, 0.2) is 24.3 Å². The van der Waals surface area contributed by atoms with Gasteiger partial charge >= 0.3 is 0 Å². The monoisotopic (exact) mass is 379 g/mol. The molecule has 1 aromatic carbocycles. The van der Waals surface area contributed by atoms with Crippen molar-refractivity contribution in [1.82, 2.24) is 15.6 Å². The first-order valence-electron chi connectivity index (χ1n) is 8.36. The fourth-order valence-corrected chi connectivity index (χ4v) is 4.07. The summed E-state index contributed by atoms with van der Waals surface area (Å²) in [5.41, 5.74) is 1.98. The van der Waals surface area contributed by atoms with Crippen LogP contribution in [0.5, 0.6) is 0 Å². The number of aryl methyl sites for hydroxylation is 1. The molecular formula is C18H22ClN3O2S. The van der Waals surface area contributed by atoms with Crippen molar-refractivity contribution in [3.63, 3.8) is 0 Å². The van der Waals surface area contributed by atoms with E-state index in [9.17, 15) is 4.79 Å². The maximum atomic E-state index is 12.3. The third-order valence-corrected chi connectivity index (χ3v) is 5.77. The van der Waals surface area contributed by atoms with Crippen molar-refractivity contribution in [3.05, 3.63) is 39.9 Å². The SMILES string of the molecule is Cc1nc(-c2ccc(Cl)cc2)sc1C(C)NC(=O)CC1COCCN1. The number of morpholine rings is 1. The Hall–Kier alpha value is -1.47. The molecule has 0 spiro atoms. The summed E-state index contributed by atoms with van der Waals surface area (Å²) in [6.45, 7) is 6.06. The molecule has 1 aliphatic rings. The van der Waals surface area contributed by atoms with Crippen LogP contribution in [0.25, 0.3) is 10.6 Å². The second-order valence-corrected chi connectivity index (χ2v) is 7.66. The summed E-state index contributed by atoms with van der Waals surface area (Å²) in [4.78, 5) is 18.0. The topological polar surface area (TPSA) is 63.2 Å². The summed E-state index contributed by atoms with van der Waals surface area (Å²) < 4.78 is 5.39. The molecule has 1 aliphatic heterocycles. The van der Waals surface area contributed by atoms with Gasteiger partial charge in [0.15, 0.2) is 0 Å².